The second-order valence-electron chi connectivity index (χ2n) is 7.69. The van der Waals surface area contributed by atoms with Gasteiger partial charge >= 0.3 is 0 Å². The number of carbonyl (C=O) groups is 1. The molecule has 180 valence electrons. The largest absolute Gasteiger partial charge is 0.493 e. The number of anilines is 1. The summed E-state index contributed by atoms with van der Waals surface area (Å²) in [4.78, 5) is 12.8. The normalized spacial score (nSPS) is 10.5. The van der Waals surface area contributed by atoms with Crippen molar-refractivity contribution in [3.05, 3.63) is 89.3 Å². The Bertz CT molecular complexity index is 1290. The van der Waals surface area contributed by atoms with Crippen LogP contribution in [0.15, 0.2) is 71.3 Å². The molecule has 1 N–H and O–H groups in total. The van der Waals surface area contributed by atoms with E-state index in [1.807, 2.05) is 38.1 Å². The van der Waals surface area contributed by atoms with Gasteiger partial charge < -0.3 is 28.8 Å². The number of nitrogens with one attached hydrogen (secondary N) is 1. The van der Waals surface area contributed by atoms with Gasteiger partial charge in [-0.05, 0) is 68.4 Å². The van der Waals surface area contributed by atoms with Gasteiger partial charge in [0, 0.05) is 11.3 Å². The van der Waals surface area contributed by atoms with Crippen molar-refractivity contribution >= 4 is 11.6 Å². The third-order valence-electron chi connectivity index (χ3n) is 5.39. The fourth-order valence-corrected chi connectivity index (χ4v) is 3.43. The SMILES string of the molecule is COc1cc(C(=O)Nc2ccc(Oc3ccccc3OC)cc2)ccc1OCc1c(C)noc1C. The lowest BCUT2D eigenvalue weighted by Crippen LogP contribution is -2.12. The number of amides is 1. The third kappa shape index (κ3) is 5.55. The number of carbonyl (C=O) groups excluding carboxylic acids is 1. The summed E-state index contributed by atoms with van der Waals surface area (Å²) in [7, 11) is 3.12. The molecule has 0 aliphatic rings. The smallest absolute Gasteiger partial charge is 0.255 e. The summed E-state index contributed by atoms with van der Waals surface area (Å²) in [5, 5.41) is 6.81. The van der Waals surface area contributed by atoms with E-state index in [9.17, 15) is 4.79 Å². The zero-order valence-corrected chi connectivity index (χ0v) is 20.0. The summed E-state index contributed by atoms with van der Waals surface area (Å²) >= 11 is 0. The van der Waals surface area contributed by atoms with Gasteiger partial charge in [0.25, 0.3) is 5.91 Å². The van der Waals surface area contributed by atoms with E-state index in [-0.39, 0.29) is 12.5 Å². The lowest BCUT2D eigenvalue weighted by Gasteiger charge is -2.13. The number of hydrogen-bond donors (Lipinski definition) is 1. The van der Waals surface area contributed by atoms with Crippen molar-refractivity contribution in [2.24, 2.45) is 0 Å². The summed E-state index contributed by atoms with van der Waals surface area (Å²) in [5.74, 6) is 3.25. The molecule has 0 unspecified atom stereocenters. The van der Waals surface area contributed by atoms with Crippen LogP contribution in [0.25, 0.3) is 0 Å². The number of hydrogen-bond acceptors (Lipinski definition) is 7. The molecule has 0 bridgehead atoms. The Morgan fingerprint density at radius 2 is 1.60 bits per heavy atom. The molecule has 0 aliphatic heterocycles. The highest BCUT2D eigenvalue weighted by atomic mass is 16.5. The molecule has 8 heteroatoms. The van der Waals surface area contributed by atoms with Crippen molar-refractivity contribution in [2.75, 3.05) is 19.5 Å². The molecule has 4 aromatic rings. The first-order valence-corrected chi connectivity index (χ1v) is 10.9. The molecule has 0 saturated heterocycles. The fourth-order valence-electron chi connectivity index (χ4n) is 3.43. The van der Waals surface area contributed by atoms with E-state index < -0.39 is 0 Å². The molecular formula is C27H26N2O6. The second kappa shape index (κ2) is 10.6. The minimum absolute atomic E-state index is 0.279. The zero-order chi connectivity index (χ0) is 24.8. The maximum absolute atomic E-state index is 12.8. The summed E-state index contributed by atoms with van der Waals surface area (Å²) in [6, 6.07) is 19.5. The second-order valence-corrected chi connectivity index (χ2v) is 7.69. The monoisotopic (exact) mass is 474 g/mol. The van der Waals surface area contributed by atoms with Gasteiger partial charge in [-0.2, -0.15) is 0 Å². The van der Waals surface area contributed by atoms with E-state index in [0.29, 0.717) is 45.8 Å². The van der Waals surface area contributed by atoms with Gasteiger partial charge in [-0.25, -0.2) is 0 Å². The van der Waals surface area contributed by atoms with E-state index in [1.54, 1.807) is 49.6 Å². The number of para-hydroxylation sites is 2. The van der Waals surface area contributed by atoms with Gasteiger partial charge in [0.2, 0.25) is 0 Å². The van der Waals surface area contributed by atoms with Crippen LogP contribution in [0.5, 0.6) is 28.7 Å². The van der Waals surface area contributed by atoms with Crippen molar-refractivity contribution in [3.8, 4) is 28.7 Å². The molecular weight excluding hydrogens is 448 g/mol. The van der Waals surface area contributed by atoms with E-state index in [2.05, 4.69) is 10.5 Å². The highest BCUT2D eigenvalue weighted by molar-refractivity contribution is 6.04. The van der Waals surface area contributed by atoms with Gasteiger partial charge in [0.05, 0.1) is 25.5 Å². The van der Waals surface area contributed by atoms with Gasteiger partial charge in [0.1, 0.15) is 18.1 Å². The van der Waals surface area contributed by atoms with Crippen LogP contribution in [0.4, 0.5) is 5.69 Å². The number of rotatable bonds is 9. The number of aromatic nitrogens is 1. The molecule has 0 saturated carbocycles. The number of ether oxygens (including phenoxy) is 4. The third-order valence-corrected chi connectivity index (χ3v) is 5.39. The van der Waals surface area contributed by atoms with E-state index >= 15 is 0 Å². The average molecular weight is 475 g/mol. The van der Waals surface area contributed by atoms with E-state index in [0.717, 1.165) is 11.3 Å². The predicted octanol–water partition coefficient (Wildman–Crippen LogP) is 5.93. The minimum atomic E-state index is -0.279. The van der Waals surface area contributed by atoms with E-state index in [4.69, 9.17) is 23.5 Å². The van der Waals surface area contributed by atoms with Crippen LogP contribution in [0.2, 0.25) is 0 Å². The molecule has 0 spiro atoms. The van der Waals surface area contributed by atoms with Crippen molar-refractivity contribution in [1.29, 1.82) is 0 Å². The van der Waals surface area contributed by atoms with Crippen LogP contribution < -0.4 is 24.3 Å². The Morgan fingerprint density at radius 3 is 2.26 bits per heavy atom. The lowest BCUT2D eigenvalue weighted by molar-refractivity contribution is 0.102. The molecule has 4 rings (SSSR count). The summed E-state index contributed by atoms with van der Waals surface area (Å²) in [6.07, 6.45) is 0. The Kier molecular flexibility index (Phi) is 7.21. The fraction of sp³-hybridized carbons (Fsp3) is 0.185. The van der Waals surface area contributed by atoms with Gasteiger partial charge in [0.15, 0.2) is 23.0 Å². The van der Waals surface area contributed by atoms with Crippen molar-refractivity contribution < 1.29 is 28.3 Å². The zero-order valence-electron chi connectivity index (χ0n) is 20.0. The molecule has 3 aromatic carbocycles. The van der Waals surface area contributed by atoms with Crippen molar-refractivity contribution in [3.63, 3.8) is 0 Å². The van der Waals surface area contributed by atoms with Crippen LogP contribution in [-0.2, 0) is 6.61 Å². The quantitative estimate of drug-likeness (QED) is 0.321. The Balaban J connectivity index is 1.41. The molecule has 0 atom stereocenters. The average Bonchev–Trinajstić information content (AvgIpc) is 3.20. The first-order chi connectivity index (χ1) is 17.0. The van der Waals surface area contributed by atoms with Crippen LogP contribution >= 0.6 is 0 Å². The molecule has 0 aliphatic carbocycles. The highest BCUT2D eigenvalue weighted by Crippen LogP contribution is 2.32. The molecule has 8 nitrogen and oxygen atoms in total. The molecule has 35 heavy (non-hydrogen) atoms. The van der Waals surface area contributed by atoms with Crippen LogP contribution in [0, 0.1) is 13.8 Å². The van der Waals surface area contributed by atoms with E-state index in [1.165, 1.54) is 7.11 Å². The topological polar surface area (TPSA) is 92.1 Å². The van der Waals surface area contributed by atoms with Crippen LogP contribution in [0.3, 0.4) is 0 Å². The van der Waals surface area contributed by atoms with Gasteiger partial charge in [-0.1, -0.05) is 17.3 Å². The Morgan fingerprint density at radius 1 is 0.886 bits per heavy atom. The molecule has 1 aromatic heterocycles. The summed E-state index contributed by atoms with van der Waals surface area (Å²) in [6.45, 7) is 3.98. The first kappa shape index (κ1) is 23.7. The van der Waals surface area contributed by atoms with Crippen LogP contribution in [-0.4, -0.2) is 25.3 Å². The maximum Gasteiger partial charge on any atom is 0.255 e. The minimum Gasteiger partial charge on any atom is -0.493 e. The van der Waals surface area contributed by atoms with Crippen molar-refractivity contribution in [1.82, 2.24) is 5.16 Å². The Labute approximate surface area is 203 Å². The number of aryl methyl sites for hydroxylation is 2. The molecule has 1 amide bonds. The lowest BCUT2D eigenvalue weighted by atomic mass is 10.1. The number of nitrogens with zero attached hydrogens (tertiary/aromatic N) is 1. The van der Waals surface area contributed by atoms with Gasteiger partial charge in [-0.15, -0.1) is 0 Å². The van der Waals surface area contributed by atoms with Crippen molar-refractivity contribution in [2.45, 2.75) is 20.5 Å². The predicted molar refractivity (Wildman–Crippen MR) is 131 cm³/mol. The standard InChI is InChI=1S/C27H26N2O6/c1-17-22(18(2)35-29-17)16-33-24-14-9-19(15-26(24)32-4)27(30)28-20-10-12-21(13-11-20)34-25-8-6-5-7-23(25)31-3/h5-15H,16H2,1-4H3,(H,28,30). The first-order valence-electron chi connectivity index (χ1n) is 10.9. The summed E-state index contributed by atoms with van der Waals surface area (Å²) in [5.41, 5.74) is 2.71. The number of benzene rings is 3. The summed E-state index contributed by atoms with van der Waals surface area (Å²) < 4.78 is 27.7. The molecule has 1 heterocycles. The molecule has 0 fully saturated rings. The van der Waals surface area contributed by atoms with Gasteiger partial charge in [-0.3, -0.25) is 4.79 Å². The molecule has 0 radical (unpaired) electrons. The Hall–Kier alpha value is -4.46. The van der Waals surface area contributed by atoms with Crippen LogP contribution in [0.1, 0.15) is 27.4 Å². The maximum atomic E-state index is 12.8. The highest BCUT2D eigenvalue weighted by Gasteiger charge is 2.15. The number of methoxy groups -OCH3 is 2.